The van der Waals surface area contributed by atoms with Crippen molar-refractivity contribution in [2.75, 3.05) is 6.61 Å². The summed E-state index contributed by atoms with van der Waals surface area (Å²) in [6.45, 7) is 21.4. The molecule has 1 aliphatic rings. The Morgan fingerprint density at radius 2 is 1.11 bits per heavy atom. The van der Waals surface area contributed by atoms with Gasteiger partial charge in [0.2, 0.25) is 0 Å². The van der Waals surface area contributed by atoms with E-state index in [1.807, 2.05) is 91.0 Å². The molecule has 1 saturated heterocycles. The molecule has 6 atom stereocenters. The molecule has 1 fully saturated rings. The van der Waals surface area contributed by atoms with E-state index in [4.69, 9.17) is 28.4 Å². The predicted octanol–water partition coefficient (Wildman–Crippen LogP) is 10.5. The minimum Gasteiger partial charge on any atom is -0.454 e. The van der Waals surface area contributed by atoms with Crippen molar-refractivity contribution in [1.82, 2.24) is 30.5 Å². The summed E-state index contributed by atoms with van der Waals surface area (Å²) in [5.74, 6) is -3.25. The number of carbonyl (C=O) groups is 5. The van der Waals surface area contributed by atoms with Crippen LogP contribution in [0.15, 0.2) is 109 Å². The van der Waals surface area contributed by atoms with Crippen LogP contribution in [0.1, 0.15) is 118 Å². The largest absolute Gasteiger partial charge is 0.454 e. The van der Waals surface area contributed by atoms with Gasteiger partial charge in [0.05, 0.1) is 17.6 Å². The Balaban J connectivity index is 1.65. The number of alkyl carbamates (subject to hydrolysis) is 2. The number of azide groups is 1. The monoisotopic (exact) mass is 1030 g/mol. The van der Waals surface area contributed by atoms with Crippen LogP contribution in [0.4, 0.5) is 20.2 Å². The number of nitrogens with zero attached hydrogens (tertiary/aromatic N) is 6. The first-order valence-electron chi connectivity index (χ1n) is 24.8. The lowest BCUT2D eigenvalue weighted by Gasteiger charge is -2.39. The first-order valence-corrected chi connectivity index (χ1v) is 24.8. The van der Waals surface area contributed by atoms with Crippen LogP contribution in [-0.4, -0.2) is 104 Å². The smallest absolute Gasteiger partial charge is 0.411 e. The maximum Gasteiger partial charge on any atom is 0.411 e. The zero-order chi connectivity index (χ0) is 55.0. The maximum absolute atomic E-state index is 15.4. The molecule has 0 saturated carbocycles. The van der Waals surface area contributed by atoms with E-state index >= 15 is 14.4 Å². The molecule has 20 nitrogen and oxygen atoms in total. The third-order valence-corrected chi connectivity index (χ3v) is 11.9. The molecule has 5 aromatic rings. The second kappa shape index (κ2) is 23.2. The molecule has 3 aromatic carbocycles. The first kappa shape index (κ1) is 56.6. The zero-order valence-corrected chi connectivity index (χ0v) is 44.8. The number of rotatable bonds is 16. The number of fused-ring (bicyclic) bond motifs is 1. The van der Waals surface area contributed by atoms with Gasteiger partial charge in [-0.05, 0) is 101 Å². The number of esters is 2. The molecule has 0 bridgehead atoms. The molecule has 1 aliphatic heterocycles. The van der Waals surface area contributed by atoms with E-state index in [9.17, 15) is 15.1 Å². The molecule has 3 heterocycles. The summed E-state index contributed by atoms with van der Waals surface area (Å²) in [7, 11) is 0. The third-order valence-electron chi connectivity index (χ3n) is 11.9. The number of ether oxygens (including phenoxy) is 6. The van der Waals surface area contributed by atoms with E-state index in [1.54, 1.807) is 90.0 Å². The lowest BCUT2D eigenvalue weighted by Crippen LogP contribution is -2.53. The van der Waals surface area contributed by atoms with Gasteiger partial charge in [0, 0.05) is 16.7 Å². The summed E-state index contributed by atoms with van der Waals surface area (Å²) < 4.78 is 38.0. The van der Waals surface area contributed by atoms with E-state index in [1.165, 1.54) is 17.4 Å². The summed E-state index contributed by atoms with van der Waals surface area (Å²) in [5.41, 5.74) is 7.70. The second-order valence-corrected chi connectivity index (χ2v) is 21.9. The number of carbonyl (C=O) groups excluding carboxylic acids is 5. The van der Waals surface area contributed by atoms with Crippen LogP contribution in [0.5, 0.6) is 0 Å². The van der Waals surface area contributed by atoms with E-state index in [2.05, 4.69) is 35.6 Å². The van der Waals surface area contributed by atoms with Crippen LogP contribution in [0.3, 0.4) is 0 Å². The van der Waals surface area contributed by atoms with Gasteiger partial charge >= 0.3 is 30.2 Å². The quantitative estimate of drug-likeness (QED) is 0.0208. The van der Waals surface area contributed by atoms with Crippen molar-refractivity contribution in [2.24, 2.45) is 17.0 Å². The zero-order valence-electron chi connectivity index (χ0n) is 44.8. The van der Waals surface area contributed by atoms with Crippen LogP contribution in [0, 0.1) is 11.8 Å². The minimum absolute atomic E-state index is 0.0836. The highest BCUT2D eigenvalue weighted by Gasteiger charge is 2.59. The number of aromatic amines is 1. The number of aromatic nitrogens is 3. The molecular weight excluding hydrogens is 963 g/mol. The molecule has 20 heteroatoms. The number of hydrogen-bond donors (Lipinski definition) is 3. The van der Waals surface area contributed by atoms with Gasteiger partial charge in [-0.25, -0.2) is 33.9 Å². The summed E-state index contributed by atoms with van der Waals surface area (Å²) >= 11 is 0. The van der Waals surface area contributed by atoms with Crippen LogP contribution in [0.2, 0.25) is 0 Å². The molecule has 3 amide bonds. The molecule has 400 valence electrons. The lowest BCUT2D eigenvalue weighted by atomic mass is 9.80. The van der Waals surface area contributed by atoms with E-state index in [0.29, 0.717) is 16.7 Å². The number of H-pyrrole nitrogens is 1. The Labute approximate surface area is 437 Å². The van der Waals surface area contributed by atoms with Crippen LogP contribution in [0.25, 0.3) is 21.5 Å². The van der Waals surface area contributed by atoms with Gasteiger partial charge in [-0.3, -0.25) is 4.90 Å². The van der Waals surface area contributed by atoms with Crippen molar-refractivity contribution >= 4 is 47.1 Å². The van der Waals surface area contributed by atoms with Crippen molar-refractivity contribution in [1.29, 1.82) is 0 Å². The van der Waals surface area contributed by atoms with Crippen LogP contribution < -0.4 is 10.6 Å². The summed E-state index contributed by atoms with van der Waals surface area (Å²) in [4.78, 5) is 88.3. The Kier molecular flexibility index (Phi) is 17.5. The van der Waals surface area contributed by atoms with Crippen molar-refractivity contribution < 1.29 is 52.4 Å². The number of hydrogen-bond acceptors (Lipinski definition) is 14. The Bertz CT molecular complexity index is 2740. The van der Waals surface area contributed by atoms with Crippen molar-refractivity contribution in [3.63, 3.8) is 0 Å². The fourth-order valence-corrected chi connectivity index (χ4v) is 8.81. The van der Waals surface area contributed by atoms with E-state index in [0.717, 1.165) is 0 Å². The van der Waals surface area contributed by atoms with Gasteiger partial charge in [0.15, 0.2) is 18.0 Å². The number of amides is 3. The molecular formula is C55H69N9O11. The molecule has 0 spiro atoms. The number of nitrogens with one attached hydrogen (secondary N) is 3. The molecule has 75 heavy (non-hydrogen) atoms. The molecule has 0 aliphatic carbocycles. The second-order valence-electron chi connectivity index (χ2n) is 21.9. The average Bonchev–Trinajstić information content (AvgIpc) is 3.88. The standard InChI is InChI=1S/C55H69N9O11/c1-32(2)39(60-49(67)73-52(5,6)7)47(65)71-44-38(30-70-55(34-23-17-14-18-24-34,35-25-19-15-20-26-35)36-27-21-16-22-28-36)64(51(69)75-54(11,12)13)43(37-29-57-42-41(37)58-31-59-46(42)62-63-56)45(44)72-48(66)40(33(3)4)61-50(68)74-53(8,9)10/h14-29,31-33,38-40,43-45,57H,30H2,1-13H3,(H,60,67)(H,61,68)/t38-,39?,40+,43+,44-,45+/m1/s1. The number of likely N-dealkylation sites (tertiary alicyclic amines) is 1. The Morgan fingerprint density at radius 1 is 0.667 bits per heavy atom. The Morgan fingerprint density at radius 3 is 1.52 bits per heavy atom. The average molecular weight is 1030 g/mol. The summed E-state index contributed by atoms with van der Waals surface area (Å²) in [6, 6.07) is 22.8. The van der Waals surface area contributed by atoms with Crippen molar-refractivity contribution in [2.45, 2.75) is 149 Å². The van der Waals surface area contributed by atoms with E-state index < -0.39 is 107 Å². The van der Waals surface area contributed by atoms with Crippen LogP contribution in [-0.2, 0) is 43.6 Å². The van der Waals surface area contributed by atoms with Gasteiger partial charge in [-0.1, -0.05) is 119 Å². The normalized spacial score (nSPS) is 17.9. The SMILES string of the molecule is CC(C)C(NC(=O)OC(C)(C)C)C(=O)O[C@H]1[C@@H](OC(=O)[C@@H](NC(=O)OC(C)(C)C)C(C)C)[C@H](c2c[nH]c3c(N=[N+]=[N-])ncnc23)N(C(=O)OC(C)(C)C)[C@@H]1COC(c1ccccc1)(c1ccccc1)c1ccccc1. The predicted molar refractivity (Wildman–Crippen MR) is 278 cm³/mol. The van der Waals surface area contributed by atoms with Gasteiger partial charge in [0.25, 0.3) is 0 Å². The minimum atomic E-state index is -1.67. The Hall–Kier alpha value is -7.70. The molecule has 6 rings (SSSR count). The summed E-state index contributed by atoms with van der Waals surface area (Å²) in [6.07, 6.45) is -3.42. The van der Waals surface area contributed by atoms with Crippen LogP contribution >= 0.6 is 0 Å². The fraction of sp³-hybridized carbons (Fsp3) is 0.473. The van der Waals surface area contributed by atoms with Gasteiger partial charge in [-0.15, -0.1) is 0 Å². The van der Waals surface area contributed by atoms with Gasteiger partial charge in [0.1, 0.15) is 52.9 Å². The molecule has 2 aromatic heterocycles. The van der Waals surface area contributed by atoms with Crippen molar-refractivity contribution in [3.8, 4) is 0 Å². The lowest BCUT2D eigenvalue weighted by molar-refractivity contribution is -0.172. The van der Waals surface area contributed by atoms with Crippen molar-refractivity contribution in [3.05, 3.63) is 136 Å². The fourth-order valence-electron chi connectivity index (χ4n) is 8.81. The highest BCUT2D eigenvalue weighted by molar-refractivity contribution is 5.88. The third kappa shape index (κ3) is 13.7. The molecule has 0 radical (unpaired) electrons. The molecule has 3 N–H and O–H groups in total. The highest BCUT2D eigenvalue weighted by atomic mass is 16.6. The molecule has 1 unspecified atom stereocenters. The summed E-state index contributed by atoms with van der Waals surface area (Å²) in [5, 5.41) is 9.05. The number of benzene rings is 3. The van der Waals surface area contributed by atoms with E-state index in [-0.39, 0.29) is 22.4 Å². The van der Waals surface area contributed by atoms with Gasteiger partial charge in [-0.2, -0.15) is 0 Å². The van der Waals surface area contributed by atoms with Gasteiger partial charge < -0.3 is 44.0 Å². The first-order chi connectivity index (χ1) is 35.2. The topological polar surface area (TPSA) is 258 Å². The maximum atomic E-state index is 15.4. The highest BCUT2D eigenvalue weighted by Crippen LogP contribution is 2.47.